The summed E-state index contributed by atoms with van der Waals surface area (Å²) in [7, 11) is -1.48. The number of nitrogen functional groups attached to an aromatic ring is 1. The van der Waals surface area contributed by atoms with Crippen molar-refractivity contribution in [3.05, 3.63) is 12.1 Å². The average Bonchev–Trinajstić information content (AvgIpc) is 3.31. The van der Waals surface area contributed by atoms with Crippen LogP contribution in [0.15, 0.2) is 12.1 Å². The van der Waals surface area contributed by atoms with Crippen molar-refractivity contribution in [2.75, 3.05) is 57.6 Å². The van der Waals surface area contributed by atoms with Gasteiger partial charge in [-0.1, -0.05) is 0 Å². The van der Waals surface area contributed by atoms with Crippen LogP contribution in [0.5, 0.6) is 11.5 Å². The van der Waals surface area contributed by atoms with Gasteiger partial charge in [0.2, 0.25) is 5.95 Å². The highest BCUT2D eigenvalue weighted by molar-refractivity contribution is 7.45. The van der Waals surface area contributed by atoms with Crippen LogP contribution in [0.25, 0.3) is 10.9 Å². The van der Waals surface area contributed by atoms with Crippen molar-refractivity contribution in [2.45, 2.75) is 18.9 Å². The van der Waals surface area contributed by atoms with E-state index in [1.165, 1.54) is 0 Å². The lowest BCUT2D eigenvalue weighted by molar-refractivity contribution is -0.141. The van der Waals surface area contributed by atoms with Gasteiger partial charge >= 0.3 is 7.82 Å². The van der Waals surface area contributed by atoms with Crippen molar-refractivity contribution < 1.29 is 38.3 Å². The number of rotatable bonds is 4. The number of phosphoric acid groups is 1. The zero-order valence-electron chi connectivity index (χ0n) is 18.4. The van der Waals surface area contributed by atoms with Crippen molar-refractivity contribution in [1.29, 1.82) is 0 Å². The lowest BCUT2D eigenvalue weighted by Crippen LogP contribution is -2.51. The third kappa shape index (κ3) is 6.42. The second kappa shape index (κ2) is 10.5. The molecule has 0 radical (unpaired) electrons. The highest BCUT2D eigenvalue weighted by Crippen LogP contribution is 2.34. The summed E-state index contributed by atoms with van der Waals surface area (Å²) < 4.78 is 25.1. The molecule has 13 nitrogen and oxygen atoms in total. The number of carbonyl (C=O) groups is 1. The number of benzene rings is 1. The summed E-state index contributed by atoms with van der Waals surface area (Å²) in [4.78, 5) is 47.1. The molecule has 1 amide bonds. The molecule has 2 aromatic rings. The lowest BCUT2D eigenvalue weighted by atomic mass is 10.2. The number of carbonyl (C=O) groups excluding carboxylic acids is 1. The molecule has 1 unspecified atom stereocenters. The highest BCUT2D eigenvalue weighted by atomic mass is 31.2. The second-order valence-corrected chi connectivity index (χ2v) is 8.49. The summed E-state index contributed by atoms with van der Waals surface area (Å²) in [6, 6.07) is 3.58. The zero-order chi connectivity index (χ0) is 24.2. The maximum absolute atomic E-state index is 12.5. The number of fused-ring (bicyclic) bond motifs is 1. The van der Waals surface area contributed by atoms with Crippen LogP contribution in [0, 0.1) is 0 Å². The number of anilines is 2. The van der Waals surface area contributed by atoms with E-state index >= 15 is 0 Å². The predicted octanol–water partition coefficient (Wildman–Crippen LogP) is 0.128. The van der Waals surface area contributed by atoms with Crippen molar-refractivity contribution >= 4 is 36.4 Å². The van der Waals surface area contributed by atoms with Crippen LogP contribution in [0.2, 0.25) is 0 Å². The minimum absolute atomic E-state index is 0.0907. The first kappa shape index (κ1) is 24.9. The molecule has 2 fully saturated rings. The lowest BCUT2D eigenvalue weighted by Gasteiger charge is -2.35. The fraction of sp³-hybridized carbons (Fsp3) is 0.526. The molecule has 14 heteroatoms. The van der Waals surface area contributed by atoms with Crippen molar-refractivity contribution in [3.8, 4) is 11.5 Å². The van der Waals surface area contributed by atoms with E-state index in [0.717, 1.165) is 12.8 Å². The van der Waals surface area contributed by atoms with Gasteiger partial charge in [-0.15, -0.1) is 0 Å². The van der Waals surface area contributed by atoms with Gasteiger partial charge in [-0.3, -0.25) is 4.79 Å². The number of ether oxygens (including phenoxy) is 3. The molecule has 5 N–H and O–H groups in total. The Labute approximate surface area is 190 Å². The molecule has 1 aromatic carbocycles. The van der Waals surface area contributed by atoms with Gasteiger partial charge in [0.15, 0.2) is 11.5 Å². The van der Waals surface area contributed by atoms with Crippen LogP contribution in [0.4, 0.5) is 11.8 Å². The van der Waals surface area contributed by atoms with Gasteiger partial charge in [-0.05, 0) is 18.9 Å². The minimum atomic E-state index is -4.64. The van der Waals surface area contributed by atoms with Crippen LogP contribution < -0.4 is 20.1 Å². The maximum Gasteiger partial charge on any atom is 0.466 e. The van der Waals surface area contributed by atoms with Gasteiger partial charge in [0.05, 0.1) is 19.7 Å². The predicted molar refractivity (Wildman–Crippen MR) is 119 cm³/mol. The Morgan fingerprint density at radius 2 is 1.73 bits per heavy atom. The minimum Gasteiger partial charge on any atom is -0.493 e. The molecule has 2 aliphatic heterocycles. The van der Waals surface area contributed by atoms with Gasteiger partial charge in [0.25, 0.3) is 5.91 Å². The normalized spacial score (nSPS) is 18.6. The average molecular weight is 485 g/mol. The van der Waals surface area contributed by atoms with Crippen molar-refractivity contribution in [3.63, 3.8) is 0 Å². The fourth-order valence-corrected chi connectivity index (χ4v) is 3.71. The highest BCUT2D eigenvalue weighted by Gasteiger charge is 2.31. The van der Waals surface area contributed by atoms with E-state index in [-0.39, 0.29) is 12.0 Å². The number of nitrogens with two attached hydrogens (primary N) is 1. The summed E-state index contributed by atoms with van der Waals surface area (Å²) in [5.41, 5.74) is 6.87. The van der Waals surface area contributed by atoms with Gasteiger partial charge < -0.3 is 44.4 Å². The largest absolute Gasteiger partial charge is 0.493 e. The van der Waals surface area contributed by atoms with Crippen molar-refractivity contribution in [1.82, 2.24) is 14.9 Å². The molecule has 33 heavy (non-hydrogen) atoms. The Hall–Kier alpha value is -2.70. The fourth-order valence-electron chi connectivity index (χ4n) is 3.71. The van der Waals surface area contributed by atoms with Crippen LogP contribution in [-0.2, 0) is 14.1 Å². The van der Waals surface area contributed by atoms with Crippen LogP contribution in [0.1, 0.15) is 12.8 Å². The molecule has 0 saturated carbocycles. The van der Waals surface area contributed by atoms with Crippen LogP contribution >= 0.6 is 7.82 Å². The van der Waals surface area contributed by atoms with Crippen molar-refractivity contribution in [2.24, 2.45) is 0 Å². The summed E-state index contributed by atoms with van der Waals surface area (Å²) in [6.07, 6.45) is 1.49. The summed E-state index contributed by atoms with van der Waals surface area (Å²) in [5, 5.41) is 0.716. The second-order valence-electron chi connectivity index (χ2n) is 7.46. The third-order valence-electron chi connectivity index (χ3n) is 5.30. The topological polar surface area (TPSA) is 181 Å². The molecular weight excluding hydrogens is 457 g/mol. The molecule has 0 bridgehead atoms. The number of amides is 1. The van der Waals surface area contributed by atoms with E-state index in [2.05, 4.69) is 9.97 Å². The standard InChI is InChI=1S/C19H25N5O4.H3O4P/c1-26-15-10-12-13(11-16(15)27-2)21-19(22-17(12)20)24-7-5-23(6-8-24)18(25)14-4-3-9-28-14;1-5(2,3)4/h10-11,14H,3-9H2,1-2H3,(H2,20,21,22);(H3,1,2,3,4). The van der Waals surface area contributed by atoms with Gasteiger partial charge in [-0.2, -0.15) is 4.98 Å². The zero-order valence-corrected chi connectivity index (χ0v) is 19.3. The molecule has 2 saturated heterocycles. The number of hydrogen-bond donors (Lipinski definition) is 4. The Morgan fingerprint density at radius 1 is 1.12 bits per heavy atom. The Morgan fingerprint density at radius 3 is 2.27 bits per heavy atom. The smallest absolute Gasteiger partial charge is 0.466 e. The summed E-state index contributed by atoms with van der Waals surface area (Å²) in [6.45, 7) is 3.21. The third-order valence-corrected chi connectivity index (χ3v) is 5.30. The summed E-state index contributed by atoms with van der Waals surface area (Å²) >= 11 is 0. The Balaban J connectivity index is 0.000000555. The van der Waals surface area contributed by atoms with E-state index in [1.54, 1.807) is 26.4 Å². The monoisotopic (exact) mass is 485 g/mol. The molecule has 182 valence electrons. The van der Waals surface area contributed by atoms with E-state index in [9.17, 15) is 4.79 Å². The van der Waals surface area contributed by atoms with Gasteiger partial charge in [0, 0.05) is 44.2 Å². The first-order valence-electron chi connectivity index (χ1n) is 10.2. The SMILES string of the molecule is COc1cc2nc(N3CCN(C(=O)C4CCCO4)CC3)nc(N)c2cc1OC.O=P(O)(O)O. The molecule has 1 atom stereocenters. The molecule has 3 heterocycles. The number of aromatic nitrogens is 2. The van der Waals surface area contributed by atoms with E-state index < -0.39 is 7.82 Å². The van der Waals surface area contributed by atoms with E-state index in [1.807, 2.05) is 9.80 Å². The molecular formula is C19H28N5O8P. The van der Waals surface area contributed by atoms with E-state index in [0.29, 0.717) is 67.0 Å². The molecule has 0 spiro atoms. The maximum atomic E-state index is 12.5. The van der Waals surface area contributed by atoms with Crippen LogP contribution in [-0.4, -0.2) is 88.6 Å². The number of hydrogen-bond acceptors (Lipinski definition) is 9. The molecule has 1 aromatic heterocycles. The Bertz CT molecular complexity index is 1030. The quantitative estimate of drug-likeness (QED) is 0.430. The van der Waals surface area contributed by atoms with E-state index in [4.69, 9.17) is 39.2 Å². The first-order valence-corrected chi connectivity index (χ1v) is 11.8. The first-order chi connectivity index (χ1) is 15.6. The van der Waals surface area contributed by atoms with Gasteiger partial charge in [-0.25, -0.2) is 9.55 Å². The number of piperazine rings is 1. The molecule has 2 aliphatic rings. The number of methoxy groups -OCH3 is 2. The number of nitrogens with zero attached hydrogens (tertiary/aromatic N) is 4. The molecule has 0 aliphatic carbocycles. The van der Waals surface area contributed by atoms with Gasteiger partial charge in [0.1, 0.15) is 11.9 Å². The Kier molecular flexibility index (Phi) is 7.92. The summed E-state index contributed by atoms with van der Waals surface area (Å²) in [5.74, 6) is 2.21. The van der Waals surface area contributed by atoms with Crippen LogP contribution in [0.3, 0.4) is 0 Å². The molecule has 4 rings (SSSR count).